The van der Waals surface area contributed by atoms with Crippen LogP contribution in [0.2, 0.25) is 0 Å². The van der Waals surface area contributed by atoms with Crippen molar-refractivity contribution in [1.29, 1.82) is 0 Å². The van der Waals surface area contributed by atoms with Gasteiger partial charge in [-0.15, -0.1) is 0 Å². The van der Waals surface area contributed by atoms with Gasteiger partial charge in [-0.1, -0.05) is 0 Å². The van der Waals surface area contributed by atoms with Gasteiger partial charge in [-0.05, 0) is 0 Å². The summed E-state index contributed by atoms with van der Waals surface area (Å²) in [5.74, 6) is 0. The van der Waals surface area contributed by atoms with E-state index in [1.165, 1.54) is 11.1 Å². The molecule has 0 spiro atoms. The standard InChI is InChI=1S/C7H11.Ti/c1-6(2)5-7(3)4;/h1,5H,2-4H3;. The van der Waals surface area contributed by atoms with Crippen molar-refractivity contribution in [1.82, 2.24) is 0 Å². The van der Waals surface area contributed by atoms with Crippen LogP contribution in [0.4, 0.5) is 0 Å². The Bertz CT molecular complexity index is 116. The molecule has 0 aromatic rings. The van der Waals surface area contributed by atoms with Crippen LogP contribution in [0, 0.1) is 0 Å². The van der Waals surface area contributed by atoms with Crippen molar-refractivity contribution < 1.29 is 20.4 Å². The fourth-order valence-corrected chi connectivity index (χ4v) is 0.627. The number of rotatable bonds is 1. The zero-order chi connectivity index (χ0) is 6.57. The fourth-order valence-electron chi connectivity index (χ4n) is 0.497. The Labute approximate surface area is 63.1 Å². The van der Waals surface area contributed by atoms with Crippen molar-refractivity contribution in [2.75, 3.05) is 0 Å². The van der Waals surface area contributed by atoms with Gasteiger partial charge >= 0.3 is 62.8 Å². The van der Waals surface area contributed by atoms with E-state index in [0.29, 0.717) is 0 Å². The average Bonchev–Trinajstić information content (AvgIpc) is 1.65. The topological polar surface area (TPSA) is 0 Å². The van der Waals surface area contributed by atoms with Crippen LogP contribution in [0.5, 0.6) is 0 Å². The van der Waals surface area contributed by atoms with Gasteiger partial charge in [0.25, 0.3) is 0 Å². The summed E-state index contributed by atoms with van der Waals surface area (Å²) in [5, 5.41) is 0. The van der Waals surface area contributed by atoms with Crippen LogP contribution >= 0.6 is 0 Å². The minimum absolute atomic E-state index is 1.34. The van der Waals surface area contributed by atoms with Crippen LogP contribution in [0.1, 0.15) is 20.8 Å². The molecule has 0 saturated carbocycles. The molecule has 0 aromatic carbocycles. The Balaban J connectivity index is 3.89. The van der Waals surface area contributed by atoms with Gasteiger partial charge in [0.05, 0.1) is 0 Å². The van der Waals surface area contributed by atoms with Gasteiger partial charge in [-0.3, -0.25) is 0 Å². The molecular weight excluding hydrogens is 132 g/mol. The van der Waals surface area contributed by atoms with Crippen LogP contribution in [-0.2, 0) is 20.4 Å². The Hall–Kier alpha value is 0.194. The van der Waals surface area contributed by atoms with Crippen molar-refractivity contribution in [3.63, 3.8) is 0 Å². The molecule has 8 heavy (non-hydrogen) atoms. The normalized spacial score (nSPS) is 11.0. The molecule has 0 atom stereocenters. The van der Waals surface area contributed by atoms with Crippen LogP contribution in [0.3, 0.4) is 0 Å². The Kier molecular flexibility index (Phi) is 4.21. The van der Waals surface area contributed by atoms with Gasteiger partial charge in [-0.2, -0.15) is 0 Å². The second-order valence-corrected chi connectivity index (χ2v) is 2.56. The summed E-state index contributed by atoms with van der Waals surface area (Å²) < 4.78 is 2.10. The monoisotopic (exact) mass is 143 g/mol. The maximum absolute atomic E-state index is 2.17. The molecule has 43 valence electrons. The van der Waals surface area contributed by atoms with Crippen LogP contribution in [0.15, 0.2) is 21.6 Å². The fraction of sp³-hybridized carbons (Fsp3) is 0.429. The van der Waals surface area contributed by atoms with E-state index in [1.54, 1.807) is 0 Å². The summed E-state index contributed by atoms with van der Waals surface area (Å²) in [4.78, 5) is 0. The van der Waals surface area contributed by atoms with Crippen molar-refractivity contribution in [3.05, 3.63) is 21.6 Å². The molecule has 1 heteroatoms. The van der Waals surface area contributed by atoms with Gasteiger partial charge < -0.3 is 0 Å². The van der Waals surface area contributed by atoms with E-state index in [9.17, 15) is 0 Å². The van der Waals surface area contributed by atoms with E-state index in [2.05, 4.69) is 51.7 Å². The molecule has 0 aromatic heterocycles. The van der Waals surface area contributed by atoms with Crippen molar-refractivity contribution in [3.8, 4) is 0 Å². The first-order valence-electron chi connectivity index (χ1n) is 2.65. The number of hydrogen-bond acceptors (Lipinski definition) is 0. The van der Waals surface area contributed by atoms with Crippen LogP contribution in [0.25, 0.3) is 0 Å². The molecule has 0 aliphatic rings. The Morgan fingerprint density at radius 2 is 1.75 bits per heavy atom. The molecule has 0 unspecified atom stereocenters. The molecule has 0 saturated heterocycles. The van der Waals surface area contributed by atoms with Gasteiger partial charge in [0, 0.05) is 0 Å². The summed E-state index contributed by atoms with van der Waals surface area (Å²) in [5.41, 5.74) is 2.70. The van der Waals surface area contributed by atoms with E-state index in [0.717, 1.165) is 0 Å². The van der Waals surface area contributed by atoms with Crippen molar-refractivity contribution in [2.24, 2.45) is 0 Å². The van der Waals surface area contributed by atoms with Gasteiger partial charge in [0.15, 0.2) is 0 Å². The SMILES string of the molecule is CC(C)=CC(C)=[CH][Ti]. The first-order chi connectivity index (χ1) is 3.66. The third-order valence-corrected chi connectivity index (χ3v) is 1.46. The molecule has 0 N–H and O–H groups in total. The number of hydrogen-bond donors (Lipinski definition) is 0. The van der Waals surface area contributed by atoms with Gasteiger partial charge in [0.2, 0.25) is 0 Å². The third-order valence-electron chi connectivity index (χ3n) is 0.744. The zero-order valence-corrected chi connectivity index (χ0v) is 7.22. The van der Waals surface area contributed by atoms with E-state index in [-0.39, 0.29) is 0 Å². The summed E-state index contributed by atoms with van der Waals surface area (Å²) in [6, 6.07) is 0. The zero-order valence-electron chi connectivity index (χ0n) is 5.65. The third kappa shape index (κ3) is 4.36. The van der Waals surface area contributed by atoms with E-state index in [1.807, 2.05) is 0 Å². The molecule has 0 fully saturated rings. The van der Waals surface area contributed by atoms with E-state index < -0.39 is 0 Å². The molecule has 0 bridgehead atoms. The summed E-state index contributed by atoms with van der Waals surface area (Å²) in [6.07, 6.45) is 2.17. The van der Waals surface area contributed by atoms with E-state index in [4.69, 9.17) is 0 Å². The summed E-state index contributed by atoms with van der Waals surface area (Å²) in [6.45, 7) is 6.31. The maximum atomic E-state index is 2.17. The summed E-state index contributed by atoms with van der Waals surface area (Å²) in [7, 11) is 0. The second-order valence-electron chi connectivity index (χ2n) is 2.11. The van der Waals surface area contributed by atoms with Crippen LogP contribution in [-0.4, -0.2) is 0 Å². The molecule has 0 heterocycles. The molecule has 0 rings (SSSR count). The van der Waals surface area contributed by atoms with Crippen LogP contribution < -0.4 is 0 Å². The van der Waals surface area contributed by atoms with Crippen molar-refractivity contribution >= 4 is 0 Å². The first kappa shape index (κ1) is 8.19. The molecule has 0 radical (unpaired) electrons. The predicted molar refractivity (Wildman–Crippen MR) is 33.2 cm³/mol. The van der Waals surface area contributed by atoms with E-state index >= 15 is 0 Å². The predicted octanol–water partition coefficient (Wildman–Crippen LogP) is 2.40. The van der Waals surface area contributed by atoms with Gasteiger partial charge in [0.1, 0.15) is 0 Å². The molecule has 0 aliphatic heterocycles. The van der Waals surface area contributed by atoms with Gasteiger partial charge in [-0.25, -0.2) is 0 Å². The average molecular weight is 143 g/mol. The second kappa shape index (κ2) is 4.11. The Morgan fingerprint density at radius 1 is 1.25 bits per heavy atom. The molecule has 0 nitrogen and oxygen atoms in total. The molecule has 0 aliphatic carbocycles. The minimum atomic E-state index is 1.34. The molecular formula is C7H11Ti. The molecule has 0 amide bonds. The quantitative estimate of drug-likeness (QED) is 0.390. The van der Waals surface area contributed by atoms with Crippen molar-refractivity contribution in [2.45, 2.75) is 20.8 Å². The Morgan fingerprint density at radius 3 is 1.88 bits per heavy atom. The first-order valence-corrected chi connectivity index (χ1v) is 3.56. The summed E-state index contributed by atoms with van der Waals surface area (Å²) >= 11 is 2.05. The number of allylic oxidation sites excluding steroid dienone is 3.